The van der Waals surface area contributed by atoms with Gasteiger partial charge < -0.3 is 4.74 Å². The normalized spacial score (nSPS) is 10.0. The lowest BCUT2D eigenvalue weighted by Crippen LogP contribution is -2.04. The van der Waals surface area contributed by atoms with Gasteiger partial charge >= 0.3 is 5.97 Å². The van der Waals surface area contributed by atoms with Gasteiger partial charge in [0.25, 0.3) is 16.9 Å². The molecule has 0 aliphatic rings. The van der Waals surface area contributed by atoms with Crippen LogP contribution in [0.4, 0.5) is 15.8 Å². The number of H-pyrrole nitrogens is 2. The lowest BCUT2D eigenvalue weighted by molar-refractivity contribution is -0.385. The fourth-order valence-corrected chi connectivity index (χ4v) is 2.03. The van der Waals surface area contributed by atoms with Gasteiger partial charge in [-0.05, 0) is 12.1 Å². The van der Waals surface area contributed by atoms with Crippen molar-refractivity contribution in [3.05, 3.63) is 78.4 Å². The number of methoxy groups -OCH3 is 1. The van der Waals surface area contributed by atoms with Gasteiger partial charge in [0.05, 0.1) is 39.5 Å². The summed E-state index contributed by atoms with van der Waals surface area (Å²) in [5.74, 6) is -1.83. The molecule has 3 rings (SSSR count). The highest BCUT2D eigenvalue weighted by Gasteiger charge is 2.16. The van der Waals surface area contributed by atoms with Gasteiger partial charge in [-0.15, -0.1) is 0 Å². The van der Waals surface area contributed by atoms with Gasteiger partial charge in [0.15, 0.2) is 0 Å². The zero-order valence-electron chi connectivity index (χ0n) is 13.6. The van der Waals surface area contributed by atoms with Crippen molar-refractivity contribution in [2.75, 3.05) is 7.11 Å². The average molecular weight is 378 g/mol. The molecule has 2 N–H and O–H groups in total. The van der Waals surface area contributed by atoms with Gasteiger partial charge in [0.1, 0.15) is 5.82 Å². The number of benzene rings is 2. The minimum Gasteiger partial charge on any atom is -0.465 e. The van der Waals surface area contributed by atoms with Crippen LogP contribution < -0.4 is 5.56 Å². The number of carbonyl (C=O) groups excluding carboxylic acids is 1. The summed E-state index contributed by atoms with van der Waals surface area (Å²) in [7, 11) is 1.10. The summed E-state index contributed by atoms with van der Waals surface area (Å²) in [6, 6.07) is 6.75. The van der Waals surface area contributed by atoms with E-state index >= 15 is 0 Å². The molecule has 0 bridgehead atoms. The summed E-state index contributed by atoms with van der Waals surface area (Å²) in [4.78, 5) is 41.2. The molecule has 3 aromatic rings. The van der Waals surface area contributed by atoms with Crippen LogP contribution in [-0.2, 0) is 4.74 Å². The third-order valence-electron chi connectivity index (χ3n) is 3.34. The van der Waals surface area contributed by atoms with Crippen molar-refractivity contribution < 1.29 is 23.8 Å². The first-order chi connectivity index (χ1) is 12.7. The molecule has 0 spiro atoms. The van der Waals surface area contributed by atoms with Gasteiger partial charge in [-0.2, -0.15) is 0 Å². The summed E-state index contributed by atoms with van der Waals surface area (Å²) in [5.41, 5.74) is -0.597. The Bertz CT molecular complexity index is 1090. The number of hydrogen-bond donors (Lipinski definition) is 2. The van der Waals surface area contributed by atoms with E-state index in [1.807, 2.05) is 0 Å². The molecule has 0 unspecified atom stereocenters. The van der Waals surface area contributed by atoms with E-state index in [1.54, 1.807) is 0 Å². The molecule has 0 aliphatic heterocycles. The predicted octanol–water partition coefficient (Wildman–Crippen LogP) is 2.28. The molecule has 140 valence electrons. The quantitative estimate of drug-likeness (QED) is 0.401. The van der Waals surface area contributed by atoms with Gasteiger partial charge in [0, 0.05) is 18.2 Å². The minimum atomic E-state index is -0.967. The van der Waals surface area contributed by atoms with Crippen LogP contribution >= 0.6 is 0 Å². The minimum absolute atomic E-state index is 0.0391. The Kier molecular flexibility index (Phi) is 5.60. The van der Waals surface area contributed by atoms with Crippen molar-refractivity contribution >= 4 is 28.2 Å². The summed E-state index contributed by atoms with van der Waals surface area (Å²) in [5, 5.41) is 25.9. The molecular weight excluding hydrogens is 367 g/mol. The number of fused-ring (bicyclic) bond motifs is 1. The van der Waals surface area contributed by atoms with E-state index in [0.717, 1.165) is 19.2 Å². The Morgan fingerprint density at radius 3 is 2.19 bits per heavy atom. The van der Waals surface area contributed by atoms with E-state index in [1.165, 1.54) is 18.2 Å². The van der Waals surface area contributed by atoms with Crippen LogP contribution in [0.15, 0.2) is 41.2 Å². The number of non-ortho nitro benzene ring substituents is 2. The van der Waals surface area contributed by atoms with Crippen LogP contribution in [0, 0.1) is 26.0 Å². The molecule has 0 radical (unpaired) electrons. The van der Waals surface area contributed by atoms with Crippen molar-refractivity contribution in [3.63, 3.8) is 0 Å². The SMILES string of the molecule is COC(=O)c1ccc([N+](=O)[O-])cc1F.O=c1[nH][nH]c2cc([N+](=O)[O-])ccc12. The molecule has 12 heteroatoms. The maximum Gasteiger partial charge on any atom is 0.340 e. The summed E-state index contributed by atoms with van der Waals surface area (Å²) >= 11 is 0. The van der Waals surface area contributed by atoms with Crippen LogP contribution in [0.1, 0.15) is 10.4 Å². The second kappa shape index (κ2) is 7.86. The van der Waals surface area contributed by atoms with Gasteiger partial charge in [0.2, 0.25) is 0 Å². The first kappa shape index (κ1) is 19.2. The summed E-state index contributed by atoms with van der Waals surface area (Å²) < 4.78 is 17.3. The number of esters is 1. The summed E-state index contributed by atoms with van der Waals surface area (Å²) in [6.45, 7) is 0. The molecule has 1 aromatic heterocycles. The molecule has 0 atom stereocenters. The maximum absolute atomic E-state index is 13.0. The van der Waals surface area contributed by atoms with Crippen molar-refractivity contribution in [3.8, 4) is 0 Å². The fraction of sp³-hybridized carbons (Fsp3) is 0.0667. The molecule has 0 aliphatic carbocycles. The number of nitrogens with one attached hydrogen (secondary N) is 2. The highest BCUT2D eigenvalue weighted by molar-refractivity contribution is 5.89. The number of aromatic nitrogens is 2. The van der Waals surface area contributed by atoms with E-state index in [2.05, 4.69) is 14.9 Å². The number of nitrogens with zero attached hydrogens (tertiary/aromatic N) is 2. The number of aromatic amines is 2. The maximum atomic E-state index is 13.0. The van der Waals surface area contributed by atoms with Crippen molar-refractivity contribution in [1.29, 1.82) is 0 Å². The first-order valence-corrected chi connectivity index (χ1v) is 7.11. The second-order valence-corrected chi connectivity index (χ2v) is 4.98. The molecular formula is C15H11FN4O7. The molecule has 0 saturated heterocycles. The molecule has 0 saturated carbocycles. The Hall–Kier alpha value is -4.09. The lowest BCUT2D eigenvalue weighted by Gasteiger charge is -1.99. The van der Waals surface area contributed by atoms with Crippen LogP contribution in [0.25, 0.3) is 10.9 Å². The van der Waals surface area contributed by atoms with Gasteiger partial charge in [-0.25, -0.2) is 9.18 Å². The molecule has 11 nitrogen and oxygen atoms in total. The fourth-order valence-electron chi connectivity index (χ4n) is 2.03. The Labute approximate surface area is 148 Å². The largest absolute Gasteiger partial charge is 0.465 e. The number of ether oxygens (including phenoxy) is 1. The highest BCUT2D eigenvalue weighted by Crippen LogP contribution is 2.17. The predicted molar refractivity (Wildman–Crippen MR) is 90.0 cm³/mol. The first-order valence-electron chi connectivity index (χ1n) is 7.11. The number of nitro groups is 2. The standard InChI is InChI=1S/C8H6FNO4.C7H5N3O3/c1-14-8(11)6-3-2-5(10(12)13)4-7(6)9;11-7-5-2-1-4(10(12)13)3-6(5)8-9-7/h2-4H,1H3;1-3H,(H2,8,9,11). The average Bonchev–Trinajstić information content (AvgIpc) is 3.02. The van der Waals surface area contributed by atoms with Crippen molar-refractivity contribution in [1.82, 2.24) is 10.2 Å². The van der Waals surface area contributed by atoms with E-state index in [9.17, 15) is 34.2 Å². The van der Waals surface area contributed by atoms with E-state index in [-0.39, 0.29) is 16.8 Å². The van der Waals surface area contributed by atoms with E-state index < -0.39 is 27.3 Å². The van der Waals surface area contributed by atoms with Crippen LogP contribution in [0.3, 0.4) is 0 Å². The zero-order chi connectivity index (χ0) is 20.1. The number of rotatable bonds is 3. The second-order valence-electron chi connectivity index (χ2n) is 4.98. The van der Waals surface area contributed by atoms with Crippen LogP contribution in [0.2, 0.25) is 0 Å². The number of nitro benzene ring substituents is 2. The highest BCUT2D eigenvalue weighted by atomic mass is 19.1. The third-order valence-corrected chi connectivity index (χ3v) is 3.34. The van der Waals surface area contributed by atoms with Crippen molar-refractivity contribution in [2.45, 2.75) is 0 Å². The molecule has 1 heterocycles. The molecule has 0 amide bonds. The number of halogens is 1. The third kappa shape index (κ3) is 4.31. The monoisotopic (exact) mass is 378 g/mol. The molecule has 27 heavy (non-hydrogen) atoms. The summed E-state index contributed by atoms with van der Waals surface area (Å²) in [6.07, 6.45) is 0. The molecule has 0 fully saturated rings. The van der Waals surface area contributed by atoms with E-state index in [4.69, 9.17) is 0 Å². The topological polar surface area (TPSA) is 161 Å². The van der Waals surface area contributed by atoms with Gasteiger partial charge in [-0.3, -0.25) is 35.2 Å². The Morgan fingerprint density at radius 1 is 1.04 bits per heavy atom. The Morgan fingerprint density at radius 2 is 1.63 bits per heavy atom. The van der Waals surface area contributed by atoms with Crippen LogP contribution in [0.5, 0.6) is 0 Å². The lowest BCUT2D eigenvalue weighted by atomic mass is 10.2. The zero-order valence-corrected chi connectivity index (χ0v) is 13.6. The van der Waals surface area contributed by atoms with Crippen LogP contribution in [-0.4, -0.2) is 33.1 Å². The van der Waals surface area contributed by atoms with E-state index in [0.29, 0.717) is 17.0 Å². The van der Waals surface area contributed by atoms with Gasteiger partial charge in [-0.1, -0.05) is 0 Å². The molecule has 2 aromatic carbocycles. The number of carbonyl (C=O) groups is 1. The Balaban J connectivity index is 0.000000194. The van der Waals surface area contributed by atoms with Crippen molar-refractivity contribution in [2.24, 2.45) is 0 Å². The smallest absolute Gasteiger partial charge is 0.340 e. The number of hydrogen-bond acceptors (Lipinski definition) is 7.